The first-order chi connectivity index (χ1) is 8.81. The molecule has 0 fully saturated rings. The van der Waals surface area contributed by atoms with Gasteiger partial charge in [0.05, 0.1) is 12.3 Å². The minimum absolute atomic E-state index is 0.716. The first-order valence-corrected chi connectivity index (χ1v) is 6.58. The van der Waals surface area contributed by atoms with Gasteiger partial charge in [-0.3, -0.25) is 0 Å². The van der Waals surface area contributed by atoms with E-state index in [1.165, 1.54) is 5.56 Å². The first-order valence-electron chi connectivity index (χ1n) is 5.79. The standard InChI is InChI=1S/C13H16BrN3O/c1-18-8-6-15-10-11-3-4-12(14)9-13(11)17-7-2-5-16-17/h2-5,7,9,15H,6,8,10H2,1H3. The molecule has 0 aliphatic heterocycles. The molecule has 1 aromatic heterocycles. The van der Waals surface area contributed by atoms with Crippen molar-refractivity contribution in [3.05, 3.63) is 46.7 Å². The van der Waals surface area contributed by atoms with Crippen molar-refractivity contribution in [2.24, 2.45) is 0 Å². The van der Waals surface area contributed by atoms with E-state index in [1.807, 2.05) is 23.0 Å². The van der Waals surface area contributed by atoms with E-state index in [2.05, 4.69) is 38.5 Å². The van der Waals surface area contributed by atoms with Crippen molar-refractivity contribution in [3.8, 4) is 5.69 Å². The lowest BCUT2D eigenvalue weighted by Crippen LogP contribution is -2.19. The first kappa shape index (κ1) is 13.3. The summed E-state index contributed by atoms with van der Waals surface area (Å²) in [4.78, 5) is 0. The number of halogens is 1. The van der Waals surface area contributed by atoms with Gasteiger partial charge in [-0.15, -0.1) is 0 Å². The number of ether oxygens (including phenoxy) is 1. The largest absolute Gasteiger partial charge is 0.383 e. The van der Waals surface area contributed by atoms with Gasteiger partial charge in [0.1, 0.15) is 0 Å². The molecular formula is C13H16BrN3O. The molecule has 4 nitrogen and oxygen atoms in total. The van der Waals surface area contributed by atoms with Crippen LogP contribution in [-0.2, 0) is 11.3 Å². The molecule has 2 rings (SSSR count). The summed E-state index contributed by atoms with van der Waals surface area (Å²) in [5.41, 5.74) is 2.29. The molecule has 0 bridgehead atoms. The Hall–Kier alpha value is -1.17. The second kappa shape index (κ2) is 6.68. The number of hydrogen-bond acceptors (Lipinski definition) is 3. The van der Waals surface area contributed by atoms with E-state index in [-0.39, 0.29) is 0 Å². The van der Waals surface area contributed by atoms with Gasteiger partial charge in [-0.1, -0.05) is 22.0 Å². The van der Waals surface area contributed by atoms with Crippen LogP contribution in [0.3, 0.4) is 0 Å². The van der Waals surface area contributed by atoms with Crippen molar-refractivity contribution >= 4 is 15.9 Å². The van der Waals surface area contributed by atoms with E-state index < -0.39 is 0 Å². The maximum absolute atomic E-state index is 5.01. The molecule has 0 unspecified atom stereocenters. The summed E-state index contributed by atoms with van der Waals surface area (Å²) in [6.07, 6.45) is 3.73. The fourth-order valence-electron chi connectivity index (χ4n) is 1.71. The topological polar surface area (TPSA) is 39.1 Å². The van der Waals surface area contributed by atoms with Crippen molar-refractivity contribution in [2.45, 2.75) is 6.54 Å². The second-order valence-electron chi connectivity index (χ2n) is 3.89. The lowest BCUT2D eigenvalue weighted by Gasteiger charge is -2.11. The predicted molar refractivity (Wildman–Crippen MR) is 74.8 cm³/mol. The zero-order chi connectivity index (χ0) is 12.8. The predicted octanol–water partition coefficient (Wildman–Crippen LogP) is 2.37. The Morgan fingerprint density at radius 3 is 3.06 bits per heavy atom. The summed E-state index contributed by atoms with van der Waals surface area (Å²) in [6.45, 7) is 2.35. The van der Waals surface area contributed by atoms with Gasteiger partial charge in [-0.2, -0.15) is 5.10 Å². The van der Waals surface area contributed by atoms with Crippen LogP contribution in [0.4, 0.5) is 0 Å². The molecule has 1 aromatic carbocycles. The molecule has 0 radical (unpaired) electrons. The van der Waals surface area contributed by atoms with Crippen molar-refractivity contribution in [3.63, 3.8) is 0 Å². The van der Waals surface area contributed by atoms with Gasteiger partial charge in [-0.25, -0.2) is 4.68 Å². The Bertz CT molecular complexity index is 485. The molecule has 2 aromatic rings. The van der Waals surface area contributed by atoms with Crippen LogP contribution < -0.4 is 5.32 Å². The molecule has 0 saturated heterocycles. The maximum atomic E-state index is 5.01. The van der Waals surface area contributed by atoms with Crippen LogP contribution in [0.5, 0.6) is 0 Å². The van der Waals surface area contributed by atoms with Crippen LogP contribution in [-0.4, -0.2) is 30.0 Å². The molecule has 5 heteroatoms. The molecule has 0 spiro atoms. The minimum atomic E-state index is 0.716. The van der Waals surface area contributed by atoms with E-state index >= 15 is 0 Å². The number of aromatic nitrogens is 2. The third-order valence-electron chi connectivity index (χ3n) is 2.60. The molecule has 0 aliphatic rings. The normalized spacial score (nSPS) is 10.8. The SMILES string of the molecule is COCCNCc1ccc(Br)cc1-n1cccn1. The van der Waals surface area contributed by atoms with Gasteiger partial charge in [-0.05, 0) is 23.8 Å². The summed E-state index contributed by atoms with van der Waals surface area (Å²) >= 11 is 3.49. The lowest BCUT2D eigenvalue weighted by atomic mass is 10.2. The number of rotatable bonds is 6. The van der Waals surface area contributed by atoms with Crippen LogP contribution in [0, 0.1) is 0 Å². The summed E-state index contributed by atoms with van der Waals surface area (Å²) in [5.74, 6) is 0. The zero-order valence-corrected chi connectivity index (χ0v) is 11.9. The fraction of sp³-hybridized carbons (Fsp3) is 0.308. The highest BCUT2D eigenvalue weighted by Crippen LogP contribution is 2.19. The van der Waals surface area contributed by atoms with Crippen molar-refractivity contribution in [2.75, 3.05) is 20.3 Å². The van der Waals surface area contributed by atoms with E-state index in [0.29, 0.717) is 6.61 Å². The molecule has 0 saturated carbocycles. The van der Waals surface area contributed by atoms with Gasteiger partial charge in [0, 0.05) is 37.1 Å². The zero-order valence-electron chi connectivity index (χ0n) is 10.3. The Morgan fingerprint density at radius 1 is 1.44 bits per heavy atom. The van der Waals surface area contributed by atoms with E-state index in [4.69, 9.17) is 4.74 Å². The monoisotopic (exact) mass is 309 g/mol. The van der Waals surface area contributed by atoms with Gasteiger partial charge >= 0.3 is 0 Å². The van der Waals surface area contributed by atoms with Crippen molar-refractivity contribution < 1.29 is 4.74 Å². The number of nitrogens with one attached hydrogen (secondary N) is 1. The Balaban J connectivity index is 2.14. The van der Waals surface area contributed by atoms with Crippen LogP contribution >= 0.6 is 15.9 Å². The molecule has 1 N–H and O–H groups in total. The molecule has 0 amide bonds. The van der Waals surface area contributed by atoms with Gasteiger partial charge in [0.25, 0.3) is 0 Å². The van der Waals surface area contributed by atoms with Gasteiger partial charge in [0.2, 0.25) is 0 Å². The Labute approximate surface area is 115 Å². The molecule has 18 heavy (non-hydrogen) atoms. The number of nitrogens with zero attached hydrogens (tertiary/aromatic N) is 2. The second-order valence-corrected chi connectivity index (χ2v) is 4.81. The third-order valence-corrected chi connectivity index (χ3v) is 3.09. The van der Waals surface area contributed by atoms with Gasteiger partial charge < -0.3 is 10.1 Å². The molecule has 96 valence electrons. The summed E-state index contributed by atoms with van der Waals surface area (Å²) in [5, 5.41) is 7.62. The van der Waals surface area contributed by atoms with E-state index in [9.17, 15) is 0 Å². The Kier molecular flexibility index (Phi) is 4.92. The average Bonchev–Trinajstić information content (AvgIpc) is 2.90. The van der Waals surface area contributed by atoms with E-state index in [1.54, 1.807) is 13.3 Å². The average molecular weight is 310 g/mol. The van der Waals surface area contributed by atoms with Crippen LogP contribution in [0.1, 0.15) is 5.56 Å². The van der Waals surface area contributed by atoms with Crippen LogP contribution in [0.2, 0.25) is 0 Å². The van der Waals surface area contributed by atoms with Gasteiger partial charge in [0.15, 0.2) is 0 Å². The third kappa shape index (κ3) is 3.41. The molecule has 1 heterocycles. The summed E-state index contributed by atoms with van der Waals surface area (Å²) < 4.78 is 7.94. The Morgan fingerprint density at radius 2 is 2.33 bits per heavy atom. The summed E-state index contributed by atoms with van der Waals surface area (Å²) in [6, 6.07) is 8.13. The number of benzene rings is 1. The smallest absolute Gasteiger partial charge is 0.0701 e. The van der Waals surface area contributed by atoms with Crippen molar-refractivity contribution in [1.82, 2.24) is 15.1 Å². The van der Waals surface area contributed by atoms with Crippen molar-refractivity contribution in [1.29, 1.82) is 0 Å². The quantitative estimate of drug-likeness (QED) is 0.833. The highest BCUT2D eigenvalue weighted by atomic mass is 79.9. The van der Waals surface area contributed by atoms with Crippen LogP contribution in [0.25, 0.3) is 5.69 Å². The van der Waals surface area contributed by atoms with Crippen LogP contribution in [0.15, 0.2) is 41.1 Å². The summed E-state index contributed by atoms with van der Waals surface area (Å²) in [7, 11) is 1.70. The number of methoxy groups -OCH3 is 1. The fourth-order valence-corrected chi connectivity index (χ4v) is 2.06. The lowest BCUT2D eigenvalue weighted by molar-refractivity contribution is 0.199. The molecular weight excluding hydrogens is 294 g/mol. The highest BCUT2D eigenvalue weighted by molar-refractivity contribution is 9.10. The highest BCUT2D eigenvalue weighted by Gasteiger charge is 2.05. The van der Waals surface area contributed by atoms with E-state index in [0.717, 1.165) is 23.2 Å². The molecule has 0 atom stereocenters. The minimum Gasteiger partial charge on any atom is -0.383 e. The molecule has 0 aliphatic carbocycles. The maximum Gasteiger partial charge on any atom is 0.0701 e. The number of hydrogen-bond donors (Lipinski definition) is 1.